The van der Waals surface area contributed by atoms with Gasteiger partial charge in [0.15, 0.2) is 14.6 Å². The first-order chi connectivity index (χ1) is 36.5. The van der Waals surface area contributed by atoms with Crippen molar-refractivity contribution in [2.45, 2.75) is 52.4 Å². The van der Waals surface area contributed by atoms with Crippen LogP contribution in [0, 0.1) is 18.8 Å². The molecule has 11 heteroatoms. The second kappa shape index (κ2) is 22.0. The normalized spacial score (nSPS) is 18.4. The van der Waals surface area contributed by atoms with Crippen molar-refractivity contribution < 1.29 is 25.8 Å². The van der Waals surface area contributed by atoms with E-state index < -0.39 is 0 Å². The largest absolute Gasteiger partial charge is 0.503 e. The molecule has 0 fully saturated rings. The van der Waals surface area contributed by atoms with Crippen LogP contribution >= 0.6 is 0 Å². The van der Waals surface area contributed by atoms with E-state index in [4.69, 9.17) is 14.7 Å². The maximum Gasteiger partial charge on any atom is 0.182 e. The topological polar surface area (TPSA) is 70.5 Å². The van der Waals surface area contributed by atoms with Crippen LogP contribution in [-0.2, 0) is 31.9 Å². The van der Waals surface area contributed by atoms with Gasteiger partial charge in [-0.05, 0) is 104 Å². The second-order valence-electron chi connectivity index (χ2n) is 20.6. The van der Waals surface area contributed by atoms with Crippen molar-refractivity contribution in [2.24, 2.45) is 0 Å². The van der Waals surface area contributed by atoms with Gasteiger partial charge in [0.2, 0.25) is 0 Å². The van der Waals surface area contributed by atoms with E-state index in [2.05, 4.69) is 221 Å². The third-order valence-corrected chi connectivity index (χ3v) is 13.5. The summed E-state index contributed by atoms with van der Waals surface area (Å²) in [5.74, 6) is 5.78. The van der Waals surface area contributed by atoms with Crippen molar-refractivity contribution in [2.75, 3.05) is 9.80 Å². The van der Waals surface area contributed by atoms with Gasteiger partial charge in [-0.15, -0.1) is 36.1 Å². The van der Waals surface area contributed by atoms with Gasteiger partial charge in [-0.2, -0.15) is 23.9 Å². The zero-order chi connectivity index (χ0) is 51.5. The van der Waals surface area contributed by atoms with Crippen LogP contribution in [0.5, 0.6) is 11.6 Å². The van der Waals surface area contributed by atoms with Crippen LogP contribution in [-0.4, -0.2) is 29.1 Å². The number of rotatable bonds is 8. The third-order valence-electron chi connectivity index (χ3n) is 13.5. The standard InChI is InChI=1S/C65H56B2N7O.Pt/c1-64(2,3)46-27-30-57-53(39-46)50-29-28-49(43-60(50)74(57)61-40-47(31-38-70-61)65(4,5)6)75-62-42-48(41-56(71-62)45-19-8-7-9-20-45)72-44-73(59-26-11-10-25-58(59)72)63-51(54-23-17-36-68-34-14-12-32-66-54)21-16-22-52(63)55-24-18-37-69-35-15-13-33-67-55;/h7-41,44,68-69H,1-6H3;/q-3;/b32-12-,33-13-,34-14-,35-15-,36-17-,37-18-,54-23-,55-24-;. The third kappa shape index (κ3) is 10.7. The number of ether oxygens (including phenoxy) is 1. The van der Waals surface area contributed by atoms with Gasteiger partial charge in [-0.3, -0.25) is 4.98 Å². The average Bonchev–Trinajstić information content (AvgIpc) is 3.98. The molecule has 0 aliphatic carbocycles. The molecule has 8 aromatic rings. The molecule has 0 saturated heterocycles. The van der Waals surface area contributed by atoms with Crippen LogP contribution in [0.1, 0.15) is 63.8 Å². The molecule has 0 spiro atoms. The molecule has 5 aromatic carbocycles. The molecule has 76 heavy (non-hydrogen) atoms. The van der Waals surface area contributed by atoms with Gasteiger partial charge in [0.25, 0.3) is 0 Å². The summed E-state index contributed by atoms with van der Waals surface area (Å²) >= 11 is 0. The quantitative estimate of drug-likeness (QED) is 0.116. The fraction of sp³-hybridized carbons (Fsp3) is 0.123. The van der Waals surface area contributed by atoms with E-state index in [0.717, 1.165) is 83.7 Å². The van der Waals surface area contributed by atoms with Gasteiger partial charge < -0.3 is 29.7 Å². The zero-order valence-electron chi connectivity index (χ0n) is 43.4. The number of nitrogens with zero attached hydrogens (tertiary/aromatic N) is 5. The average molecular weight is 1170 g/mol. The number of anilines is 4. The fourth-order valence-electron chi connectivity index (χ4n) is 9.60. The maximum absolute atomic E-state index is 6.89. The van der Waals surface area contributed by atoms with E-state index >= 15 is 0 Å². The Morgan fingerprint density at radius 3 is 1.89 bits per heavy atom. The number of benzene rings is 5. The van der Waals surface area contributed by atoms with Crippen LogP contribution in [0.3, 0.4) is 0 Å². The van der Waals surface area contributed by atoms with E-state index in [-0.39, 0.29) is 31.9 Å². The maximum atomic E-state index is 6.89. The Bertz CT molecular complexity index is 3650. The van der Waals surface area contributed by atoms with Crippen LogP contribution in [0.2, 0.25) is 0 Å². The summed E-state index contributed by atoms with van der Waals surface area (Å²) in [6, 6.07) is 49.8. The Morgan fingerprint density at radius 1 is 0.592 bits per heavy atom. The second-order valence-corrected chi connectivity index (χ2v) is 20.6. The predicted octanol–water partition coefficient (Wildman–Crippen LogP) is 15.0. The number of hydrogen-bond acceptors (Lipinski definition) is 7. The molecule has 0 saturated carbocycles. The van der Waals surface area contributed by atoms with Gasteiger partial charge in [0.1, 0.15) is 11.7 Å². The number of pyridine rings is 2. The number of allylic oxidation sites excluding steroid dienone is 8. The van der Waals surface area contributed by atoms with E-state index in [1.54, 1.807) is 0 Å². The molecule has 3 aliphatic heterocycles. The minimum absolute atomic E-state index is 0. The summed E-state index contributed by atoms with van der Waals surface area (Å²) in [7, 11) is 4.32. The van der Waals surface area contributed by atoms with Gasteiger partial charge in [0, 0.05) is 80.4 Å². The molecule has 3 aliphatic rings. The number of fused-ring (bicyclic) bond motifs is 4. The number of para-hydroxylation sites is 3. The van der Waals surface area contributed by atoms with Crippen molar-refractivity contribution in [3.63, 3.8) is 0 Å². The molecule has 0 unspecified atom stereocenters. The van der Waals surface area contributed by atoms with Gasteiger partial charge in [-0.1, -0.05) is 155 Å². The number of nitrogens with one attached hydrogen (secondary N) is 2. The van der Waals surface area contributed by atoms with Gasteiger partial charge in [0.05, 0.1) is 0 Å². The smallest absolute Gasteiger partial charge is 0.182 e. The predicted molar refractivity (Wildman–Crippen MR) is 313 cm³/mol. The summed E-state index contributed by atoms with van der Waals surface area (Å²) in [6.07, 6.45) is 26.0. The van der Waals surface area contributed by atoms with Crippen LogP contribution < -0.4 is 25.2 Å². The van der Waals surface area contributed by atoms with Crippen LogP contribution in [0.25, 0.3) is 49.8 Å². The monoisotopic (exact) mass is 1170 g/mol. The fourth-order valence-corrected chi connectivity index (χ4v) is 9.60. The van der Waals surface area contributed by atoms with Crippen molar-refractivity contribution in [1.29, 1.82) is 0 Å². The molecule has 376 valence electrons. The Balaban J connectivity index is 0.00000657. The number of hydrogen-bond donors (Lipinski definition) is 2. The van der Waals surface area contributed by atoms with Crippen LogP contribution in [0.4, 0.5) is 22.7 Å². The molecular formula is C65H56B2N7OPt-3. The first kappa shape index (κ1) is 51.4. The van der Waals surface area contributed by atoms with Crippen molar-refractivity contribution in [1.82, 2.24) is 25.2 Å². The summed E-state index contributed by atoms with van der Waals surface area (Å²) in [5, 5.41) is 8.66. The molecule has 6 heterocycles. The van der Waals surface area contributed by atoms with Crippen molar-refractivity contribution in [3.05, 3.63) is 254 Å². The summed E-state index contributed by atoms with van der Waals surface area (Å²) in [5.41, 5.74) is 13.8. The molecule has 0 bridgehead atoms. The molecule has 11 rings (SSSR count). The summed E-state index contributed by atoms with van der Waals surface area (Å²) in [4.78, 5) is 14.6. The molecule has 0 atom stereocenters. The van der Waals surface area contributed by atoms with E-state index in [0.29, 0.717) is 11.6 Å². The summed E-state index contributed by atoms with van der Waals surface area (Å²) < 4.78 is 9.10. The van der Waals surface area contributed by atoms with E-state index in [1.165, 1.54) is 11.1 Å². The van der Waals surface area contributed by atoms with Crippen LogP contribution in [0.15, 0.2) is 213 Å². The minimum Gasteiger partial charge on any atom is -0.503 e. The Morgan fingerprint density at radius 2 is 1.22 bits per heavy atom. The first-order valence-corrected chi connectivity index (χ1v) is 25.4. The molecule has 8 nitrogen and oxygen atoms in total. The van der Waals surface area contributed by atoms with Crippen molar-refractivity contribution in [3.8, 4) is 28.7 Å². The minimum atomic E-state index is -0.0734. The molecule has 2 radical (unpaired) electrons. The molecule has 0 amide bonds. The first-order valence-electron chi connectivity index (χ1n) is 25.4. The zero-order valence-corrected chi connectivity index (χ0v) is 45.7. The van der Waals surface area contributed by atoms with Gasteiger partial charge in [-0.25, -0.2) is 4.98 Å². The Hall–Kier alpha value is -8.06. The SMILES string of the molecule is CC(C)(C)c1ccnc(-n2c3[c-]c(Oc4[c-]c(N5[CH-]N(c6c(/C7=C/C=C\N/C=C\C=C/[B]7)cccc6/C6=C/C=C\N/C=C\C=C/[B]6)c6ccccc65)cc(-c5ccccc5)n4)ccc3c3cc(C(C)(C)C)ccc32)c1.[Pt]. The Labute approximate surface area is 463 Å². The summed E-state index contributed by atoms with van der Waals surface area (Å²) in [6.45, 7) is 15.6. The van der Waals surface area contributed by atoms with E-state index in [9.17, 15) is 0 Å². The Kier molecular flexibility index (Phi) is 14.9. The van der Waals surface area contributed by atoms with Crippen molar-refractivity contribution >= 4 is 70.1 Å². The molecule has 2 N–H and O–H groups in total. The van der Waals surface area contributed by atoms with E-state index in [1.807, 2.05) is 91.7 Å². The number of aromatic nitrogens is 3. The van der Waals surface area contributed by atoms with Gasteiger partial charge >= 0.3 is 0 Å². The molecule has 3 aromatic heterocycles. The molecular weight excluding hydrogens is 1110 g/mol.